The number of rotatable bonds is 5. The number of thiazole rings is 1. The van der Waals surface area contributed by atoms with E-state index in [2.05, 4.69) is 16.7 Å². The third-order valence-corrected chi connectivity index (χ3v) is 8.26. The zero-order chi connectivity index (χ0) is 27.2. The molecule has 2 amide bonds. The first kappa shape index (κ1) is 26.6. The van der Waals surface area contributed by atoms with Crippen LogP contribution in [0.4, 0.5) is 5.69 Å². The Morgan fingerprint density at radius 1 is 0.923 bits per heavy atom. The molecule has 8 nitrogen and oxygen atoms in total. The van der Waals surface area contributed by atoms with Crippen LogP contribution < -0.4 is 14.4 Å². The van der Waals surface area contributed by atoms with Crippen molar-refractivity contribution in [2.24, 2.45) is 0 Å². The van der Waals surface area contributed by atoms with E-state index in [1.54, 1.807) is 25.6 Å². The monoisotopic (exact) mass is 544 g/mol. The largest absolute Gasteiger partial charge is 0.497 e. The molecule has 2 aromatic carbocycles. The number of aromatic nitrogens is 1. The Morgan fingerprint density at radius 2 is 1.67 bits per heavy atom. The number of methoxy groups -OCH3 is 2. The molecule has 2 aliphatic rings. The number of hydrogen-bond donors (Lipinski definition) is 0. The van der Waals surface area contributed by atoms with E-state index in [1.165, 1.54) is 0 Å². The van der Waals surface area contributed by atoms with Crippen LogP contribution in [0.5, 0.6) is 11.5 Å². The summed E-state index contributed by atoms with van der Waals surface area (Å²) in [6.45, 7) is 3.95. The highest BCUT2D eigenvalue weighted by molar-refractivity contribution is 7.09. The normalized spacial score (nSPS) is 15.9. The SMILES string of the molecule is COc1ccc(N2CCN(C(=O)c3csc(C4CCN(C(=O)C#Cc5ccccc5)CC4)n3)CC2)c(OC)c1. The lowest BCUT2D eigenvalue weighted by molar-refractivity contribution is -0.126. The molecule has 5 rings (SSSR count). The minimum atomic E-state index is -0.140. The van der Waals surface area contributed by atoms with Gasteiger partial charge in [0.2, 0.25) is 0 Å². The molecule has 0 radical (unpaired) electrons. The average molecular weight is 545 g/mol. The molecule has 0 atom stereocenters. The van der Waals surface area contributed by atoms with Crippen LogP contribution in [0.15, 0.2) is 53.9 Å². The van der Waals surface area contributed by atoms with E-state index in [-0.39, 0.29) is 17.7 Å². The molecule has 0 unspecified atom stereocenters. The molecule has 1 aromatic heterocycles. The van der Waals surface area contributed by atoms with Crippen molar-refractivity contribution in [1.29, 1.82) is 0 Å². The Bertz CT molecular complexity index is 1360. The molecule has 0 N–H and O–H groups in total. The fourth-order valence-corrected chi connectivity index (χ4v) is 5.95. The predicted octanol–water partition coefficient (Wildman–Crippen LogP) is 3.88. The van der Waals surface area contributed by atoms with Crippen molar-refractivity contribution in [3.63, 3.8) is 0 Å². The van der Waals surface area contributed by atoms with Gasteiger partial charge in [-0.1, -0.05) is 24.1 Å². The van der Waals surface area contributed by atoms with E-state index < -0.39 is 0 Å². The van der Waals surface area contributed by atoms with Crippen molar-refractivity contribution < 1.29 is 19.1 Å². The lowest BCUT2D eigenvalue weighted by Crippen LogP contribution is -2.49. The maximum Gasteiger partial charge on any atom is 0.298 e. The number of amides is 2. The fraction of sp³-hybridized carbons (Fsp3) is 0.367. The minimum absolute atomic E-state index is 0.0253. The zero-order valence-electron chi connectivity index (χ0n) is 22.3. The topological polar surface area (TPSA) is 75.2 Å². The van der Waals surface area contributed by atoms with Gasteiger partial charge in [0.25, 0.3) is 11.8 Å². The Hall–Kier alpha value is -4.03. The van der Waals surface area contributed by atoms with Crippen molar-refractivity contribution >= 4 is 28.8 Å². The molecule has 0 saturated carbocycles. The fourth-order valence-electron chi connectivity index (χ4n) is 4.99. The van der Waals surface area contributed by atoms with Gasteiger partial charge >= 0.3 is 0 Å². The lowest BCUT2D eigenvalue weighted by Gasteiger charge is -2.36. The number of ether oxygens (including phenoxy) is 2. The van der Waals surface area contributed by atoms with Gasteiger partial charge in [0.05, 0.1) is 24.9 Å². The highest BCUT2D eigenvalue weighted by Crippen LogP contribution is 2.33. The van der Waals surface area contributed by atoms with Crippen molar-refractivity contribution in [2.75, 3.05) is 58.4 Å². The first-order valence-electron chi connectivity index (χ1n) is 13.1. The summed E-state index contributed by atoms with van der Waals surface area (Å²) in [4.78, 5) is 36.4. The third-order valence-electron chi connectivity index (χ3n) is 7.25. The van der Waals surface area contributed by atoms with Gasteiger partial charge < -0.3 is 24.2 Å². The molecule has 3 heterocycles. The number of piperidine rings is 1. The second-order valence-corrected chi connectivity index (χ2v) is 10.5. The molecule has 2 fully saturated rings. The Morgan fingerprint density at radius 3 is 2.36 bits per heavy atom. The van der Waals surface area contributed by atoms with Gasteiger partial charge in [-0.05, 0) is 37.1 Å². The molecular weight excluding hydrogens is 512 g/mol. The van der Waals surface area contributed by atoms with Gasteiger partial charge in [0, 0.05) is 68.1 Å². The summed E-state index contributed by atoms with van der Waals surface area (Å²) in [5.74, 6) is 7.30. The third kappa shape index (κ3) is 6.18. The summed E-state index contributed by atoms with van der Waals surface area (Å²) in [6, 6.07) is 15.3. The van der Waals surface area contributed by atoms with Gasteiger partial charge in [-0.25, -0.2) is 4.98 Å². The molecule has 2 aliphatic heterocycles. The first-order chi connectivity index (χ1) is 19.1. The second-order valence-electron chi connectivity index (χ2n) is 9.57. The smallest absolute Gasteiger partial charge is 0.298 e. The van der Waals surface area contributed by atoms with E-state index in [1.807, 2.05) is 63.7 Å². The van der Waals surface area contributed by atoms with E-state index >= 15 is 0 Å². The summed E-state index contributed by atoms with van der Waals surface area (Å²) in [5, 5.41) is 2.85. The molecule has 0 bridgehead atoms. The van der Waals surface area contributed by atoms with Crippen LogP contribution in [0, 0.1) is 11.8 Å². The number of nitrogens with zero attached hydrogens (tertiary/aromatic N) is 4. The Labute approximate surface area is 233 Å². The standard InChI is InChI=1S/C30H32N4O4S/c1-37-24-9-10-26(27(20-24)38-2)32-16-18-34(19-17-32)30(36)25-21-39-29(31-25)23-12-14-33(15-13-23)28(35)11-8-22-6-4-3-5-7-22/h3-7,9-10,20-21,23H,12-19H2,1-2H3. The average Bonchev–Trinajstić information content (AvgIpc) is 3.50. The van der Waals surface area contributed by atoms with Gasteiger partial charge in [0.1, 0.15) is 17.2 Å². The Kier molecular flexibility index (Phi) is 8.33. The molecule has 2 saturated heterocycles. The molecule has 3 aromatic rings. The summed E-state index contributed by atoms with van der Waals surface area (Å²) in [5.41, 5.74) is 2.34. The van der Waals surface area contributed by atoms with E-state index in [9.17, 15) is 9.59 Å². The first-order valence-corrected chi connectivity index (χ1v) is 14.0. The van der Waals surface area contributed by atoms with Crippen LogP contribution in [0.1, 0.15) is 39.8 Å². The number of carbonyl (C=O) groups is 2. The number of benzene rings is 2. The highest BCUT2D eigenvalue weighted by atomic mass is 32.1. The van der Waals surface area contributed by atoms with Crippen molar-refractivity contribution in [3.05, 3.63) is 70.2 Å². The van der Waals surface area contributed by atoms with Crippen LogP contribution in [0.25, 0.3) is 0 Å². The predicted molar refractivity (Wildman–Crippen MR) is 152 cm³/mol. The molecule has 0 spiro atoms. The summed E-state index contributed by atoms with van der Waals surface area (Å²) in [6.07, 6.45) is 1.64. The van der Waals surface area contributed by atoms with Gasteiger partial charge in [-0.2, -0.15) is 0 Å². The molecular formula is C30H32N4O4S. The van der Waals surface area contributed by atoms with Crippen LogP contribution in [0.2, 0.25) is 0 Å². The van der Waals surface area contributed by atoms with E-state index in [0.717, 1.165) is 40.6 Å². The van der Waals surface area contributed by atoms with Crippen molar-refractivity contribution in [3.8, 4) is 23.3 Å². The maximum atomic E-state index is 13.2. The van der Waals surface area contributed by atoms with Gasteiger partial charge in [0.15, 0.2) is 0 Å². The van der Waals surface area contributed by atoms with Crippen LogP contribution in [-0.2, 0) is 4.79 Å². The quantitative estimate of drug-likeness (QED) is 0.454. The molecule has 0 aliphatic carbocycles. The lowest BCUT2D eigenvalue weighted by atomic mass is 9.97. The zero-order valence-corrected chi connectivity index (χ0v) is 23.1. The summed E-state index contributed by atoms with van der Waals surface area (Å²) in [7, 11) is 3.29. The summed E-state index contributed by atoms with van der Waals surface area (Å²) >= 11 is 1.54. The highest BCUT2D eigenvalue weighted by Gasteiger charge is 2.28. The van der Waals surface area contributed by atoms with Gasteiger partial charge in [-0.15, -0.1) is 11.3 Å². The number of likely N-dealkylation sites (tertiary alicyclic amines) is 1. The molecule has 39 heavy (non-hydrogen) atoms. The van der Waals surface area contributed by atoms with Crippen LogP contribution in [-0.4, -0.2) is 80.1 Å². The van der Waals surface area contributed by atoms with Crippen LogP contribution in [0.3, 0.4) is 0 Å². The number of hydrogen-bond acceptors (Lipinski definition) is 7. The van der Waals surface area contributed by atoms with Crippen LogP contribution >= 0.6 is 11.3 Å². The number of piperazine rings is 1. The summed E-state index contributed by atoms with van der Waals surface area (Å²) < 4.78 is 10.9. The number of carbonyl (C=O) groups excluding carboxylic acids is 2. The van der Waals surface area contributed by atoms with Gasteiger partial charge in [-0.3, -0.25) is 9.59 Å². The molecule has 9 heteroatoms. The minimum Gasteiger partial charge on any atom is -0.497 e. The second kappa shape index (κ2) is 12.2. The van der Waals surface area contributed by atoms with Crippen molar-refractivity contribution in [2.45, 2.75) is 18.8 Å². The van der Waals surface area contributed by atoms with E-state index in [0.29, 0.717) is 45.0 Å². The number of anilines is 1. The maximum absolute atomic E-state index is 13.2. The molecule has 202 valence electrons. The van der Waals surface area contributed by atoms with E-state index in [4.69, 9.17) is 14.5 Å². The Balaban J connectivity index is 1.13. The van der Waals surface area contributed by atoms with Crippen molar-refractivity contribution in [1.82, 2.24) is 14.8 Å².